The first-order chi connectivity index (χ1) is 11.5. The van der Waals surface area contributed by atoms with E-state index in [0.717, 1.165) is 34.4 Å². The molecule has 0 aliphatic carbocycles. The van der Waals surface area contributed by atoms with Crippen LogP contribution in [0.15, 0.2) is 24.3 Å². The second-order valence-electron chi connectivity index (χ2n) is 6.29. The third kappa shape index (κ3) is 3.06. The van der Waals surface area contributed by atoms with E-state index in [1.54, 1.807) is 0 Å². The molecule has 0 saturated heterocycles. The van der Waals surface area contributed by atoms with Gasteiger partial charge in [-0.15, -0.1) is 10.2 Å². The Morgan fingerprint density at radius 1 is 1.29 bits per heavy atom. The zero-order valence-corrected chi connectivity index (χ0v) is 15.3. The lowest BCUT2D eigenvalue weighted by Gasteiger charge is -2.08. The summed E-state index contributed by atoms with van der Waals surface area (Å²) in [5, 5.41) is 13.8. The number of hydrogen-bond donors (Lipinski definition) is 1. The molecule has 0 aliphatic heterocycles. The lowest BCUT2D eigenvalue weighted by atomic mass is 10.1. The number of carbonyl (C=O) groups is 1. The molecular formula is C18H22N4OS. The Hall–Kier alpha value is -2.21. The molecule has 0 aliphatic rings. The van der Waals surface area contributed by atoms with Crippen molar-refractivity contribution in [3.8, 4) is 0 Å². The largest absolute Gasteiger partial charge is 0.337 e. The number of aryl methyl sites for hydroxylation is 2. The van der Waals surface area contributed by atoms with E-state index in [4.69, 9.17) is 0 Å². The minimum absolute atomic E-state index is 0.127. The van der Waals surface area contributed by atoms with Gasteiger partial charge in [0, 0.05) is 23.9 Å². The fourth-order valence-electron chi connectivity index (χ4n) is 2.99. The van der Waals surface area contributed by atoms with Crippen LogP contribution in [0.2, 0.25) is 0 Å². The minimum Gasteiger partial charge on any atom is -0.337 e. The maximum Gasteiger partial charge on any atom is 0.274 e. The van der Waals surface area contributed by atoms with E-state index < -0.39 is 0 Å². The van der Waals surface area contributed by atoms with Crippen molar-refractivity contribution in [2.75, 3.05) is 5.32 Å². The van der Waals surface area contributed by atoms with E-state index in [1.807, 2.05) is 32.0 Å². The van der Waals surface area contributed by atoms with E-state index in [2.05, 4.69) is 40.0 Å². The SMILES string of the molecule is CCn1c(C(=O)Nc2nnc(CC(C)C)s2)c(C)c2ccccc21. The monoisotopic (exact) mass is 342 g/mol. The number of para-hydroxylation sites is 1. The maximum atomic E-state index is 12.8. The minimum atomic E-state index is -0.127. The first-order valence-electron chi connectivity index (χ1n) is 8.22. The van der Waals surface area contributed by atoms with Crippen LogP contribution in [0, 0.1) is 12.8 Å². The Morgan fingerprint density at radius 2 is 2.04 bits per heavy atom. The zero-order chi connectivity index (χ0) is 17.3. The summed E-state index contributed by atoms with van der Waals surface area (Å²) >= 11 is 1.45. The van der Waals surface area contributed by atoms with Crippen LogP contribution in [0.4, 0.5) is 5.13 Å². The van der Waals surface area contributed by atoms with Gasteiger partial charge in [0.15, 0.2) is 0 Å². The van der Waals surface area contributed by atoms with E-state index in [9.17, 15) is 4.79 Å². The molecule has 126 valence electrons. The molecule has 6 heteroatoms. The molecule has 1 N–H and O–H groups in total. The van der Waals surface area contributed by atoms with Gasteiger partial charge in [0.05, 0.1) is 0 Å². The molecule has 0 saturated carbocycles. The summed E-state index contributed by atoms with van der Waals surface area (Å²) in [7, 11) is 0. The molecule has 2 aromatic heterocycles. The van der Waals surface area contributed by atoms with Gasteiger partial charge in [-0.1, -0.05) is 43.4 Å². The van der Waals surface area contributed by atoms with Crippen LogP contribution in [-0.2, 0) is 13.0 Å². The second-order valence-corrected chi connectivity index (χ2v) is 7.35. The summed E-state index contributed by atoms with van der Waals surface area (Å²) < 4.78 is 2.05. The Balaban J connectivity index is 1.91. The van der Waals surface area contributed by atoms with Gasteiger partial charge in [0.25, 0.3) is 5.91 Å². The molecule has 1 aromatic carbocycles. The van der Waals surface area contributed by atoms with Crippen molar-refractivity contribution in [2.45, 2.75) is 40.7 Å². The van der Waals surface area contributed by atoms with E-state index >= 15 is 0 Å². The Morgan fingerprint density at radius 3 is 2.75 bits per heavy atom. The fraction of sp³-hybridized carbons (Fsp3) is 0.389. The van der Waals surface area contributed by atoms with Crippen LogP contribution in [0.25, 0.3) is 10.9 Å². The molecule has 0 unspecified atom stereocenters. The van der Waals surface area contributed by atoms with Crippen molar-refractivity contribution in [2.24, 2.45) is 5.92 Å². The van der Waals surface area contributed by atoms with Gasteiger partial charge in [-0.05, 0) is 31.4 Å². The second kappa shape index (κ2) is 6.73. The van der Waals surface area contributed by atoms with Gasteiger partial charge < -0.3 is 4.57 Å². The highest BCUT2D eigenvalue weighted by atomic mass is 32.1. The summed E-state index contributed by atoms with van der Waals surface area (Å²) in [6.07, 6.45) is 0.877. The highest BCUT2D eigenvalue weighted by Gasteiger charge is 2.20. The highest BCUT2D eigenvalue weighted by Crippen LogP contribution is 2.27. The summed E-state index contributed by atoms with van der Waals surface area (Å²) in [6, 6.07) is 8.10. The van der Waals surface area contributed by atoms with Crippen LogP contribution in [0.3, 0.4) is 0 Å². The third-order valence-electron chi connectivity index (χ3n) is 4.03. The zero-order valence-electron chi connectivity index (χ0n) is 14.5. The van der Waals surface area contributed by atoms with Gasteiger partial charge in [-0.2, -0.15) is 0 Å². The van der Waals surface area contributed by atoms with Gasteiger partial charge in [0.2, 0.25) is 5.13 Å². The number of hydrogen-bond acceptors (Lipinski definition) is 4. The van der Waals surface area contributed by atoms with Crippen molar-refractivity contribution in [1.29, 1.82) is 0 Å². The first-order valence-corrected chi connectivity index (χ1v) is 9.04. The van der Waals surface area contributed by atoms with Gasteiger partial charge >= 0.3 is 0 Å². The molecule has 3 aromatic rings. The van der Waals surface area contributed by atoms with E-state index in [1.165, 1.54) is 11.3 Å². The van der Waals surface area contributed by atoms with Crippen molar-refractivity contribution < 1.29 is 4.79 Å². The van der Waals surface area contributed by atoms with Crippen LogP contribution in [-0.4, -0.2) is 20.7 Å². The molecule has 24 heavy (non-hydrogen) atoms. The average Bonchev–Trinajstić information content (AvgIpc) is 3.09. The Bertz CT molecular complexity index is 878. The Labute approximate surface area is 145 Å². The van der Waals surface area contributed by atoms with Crippen LogP contribution in [0.5, 0.6) is 0 Å². The quantitative estimate of drug-likeness (QED) is 0.753. The summed E-state index contributed by atoms with van der Waals surface area (Å²) in [6.45, 7) is 9.07. The van der Waals surface area contributed by atoms with Crippen molar-refractivity contribution >= 4 is 33.3 Å². The molecular weight excluding hydrogens is 320 g/mol. The van der Waals surface area contributed by atoms with Crippen molar-refractivity contribution in [3.63, 3.8) is 0 Å². The number of nitrogens with one attached hydrogen (secondary N) is 1. The van der Waals surface area contributed by atoms with E-state index in [-0.39, 0.29) is 5.91 Å². The normalized spacial score (nSPS) is 11.4. The third-order valence-corrected chi connectivity index (χ3v) is 4.89. The maximum absolute atomic E-state index is 12.8. The molecule has 5 nitrogen and oxygen atoms in total. The molecule has 0 atom stereocenters. The average molecular weight is 342 g/mol. The fourth-order valence-corrected chi connectivity index (χ4v) is 3.94. The molecule has 1 amide bonds. The number of anilines is 1. The topological polar surface area (TPSA) is 59.8 Å². The van der Waals surface area contributed by atoms with Crippen LogP contribution >= 0.6 is 11.3 Å². The first kappa shape index (κ1) is 16.6. The van der Waals surface area contributed by atoms with E-state index in [0.29, 0.717) is 16.7 Å². The number of nitrogens with zero attached hydrogens (tertiary/aromatic N) is 3. The van der Waals surface area contributed by atoms with Crippen LogP contribution < -0.4 is 5.32 Å². The number of rotatable bonds is 5. The molecule has 0 fully saturated rings. The Kier molecular flexibility index (Phi) is 4.66. The van der Waals surface area contributed by atoms with Crippen molar-refractivity contribution in [3.05, 3.63) is 40.5 Å². The summed E-state index contributed by atoms with van der Waals surface area (Å²) in [5.74, 6) is 0.393. The summed E-state index contributed by atoms with van der Waals surface area (Å²) in [5.41, 5.74) is 2.77. The number of aromatic nitrogens is 3. The molecule has 0 bridgehead atoms. The highest BCUT2D eigenvalue weighted by molar-refractivity contribution is 7.15. The van der Waals surface area contributed by atoms with Crippen LogP contribution in [0.1, 0.15) is 41.8 Å². The molecule has 0 spiro atoms. The number of amides is 1. The number of benzene rings is 1. The molecule has 2 heterocycles. The predicted molar refractivity (Wildman–Crippen MR) is 98.8 cm³/mol. The van der Waals surface area contributed by atoms with Gasteiger partial charge in [0.1, 0.15) is 10.7 Å². The van der Waals surface area contributed by atoms with Crippen molar-refractivity contribution in [1.82, 2.24) is 14.8 Å². The van der Waals surface area contributed by atoms with Gasteiger partial charge in [-0.25, -0.2) is 0 Å². The number of carbonyl (C=O) groups excluding carboxylic acids is 1. The molecule has 3 rings (SSSR count). The smallest absolute Gasteiger partial charge is 0.274 e. The summed E-state index contributed by atoms with van der Waals surface area (Å²) in [4.78, 5) is 12.8. The number of fused-ring (bicyclic) bond motifs is 1. The molecule has 0 radical (unpaired) electrons. The predicted octanol–water partition coefficient (Wildman–Crippen LogP) is 4.27. The van der Waals surface area contributed by atoms with Gasteiger partial charge in [-0.3, -0.25) is 10.1 Å². The lowest BCUT2D eigenvalue weighted by Crippen LogP contribution is -2.17. The standard InChI is InChI=1S/C18H22N4OS/c1-5-22-14-9-7-6-8-13(14)12(4)16(22)17(23)19-18-21-20-15(24-18)10-11(2)3/h6-9,11H,5,10H2,1-4H3,(H,19,21,23). The lowest BCUT2D eigenvalue weighted by molar-refractivity contribution is 0.101.